The Labute approximate surface area is 149 Å². The number of nitrogens with one attached hydrogen (secondary N) is 1. The first-order valence-electron chi connectivity index (χ1n) is 9.40. The van der Waals surface area contributed by atoms with Crippen LogP contribution in [0.25, 0.3) is 0 Å². The van der Waals surface area contributed by atoms with Gasteiger partial charge in [-0.2, -0.15) is 0 Å². The van der Waals surface area contributed by atoms with Crippen molar-refractivity contribution < 1.29 is 10.0 Å². The van der Waals surface area contributed by atoms with Crippen LogP contribution >= 0.6 is 0 Å². The summed E-state index contributed by atoms with van der Waals surface area (Å²) in [6.07, 6.45) is 7.57. The molecule has 25 heavy (non-hydrogen) atoms. The van der Waals surface area contributed by atoms with Crippen LogP contribution in [0.2, 0.25) is 0 Å². The van der Waals surface area contributed by atoms with Gasteiger partial charge >= 0.3 is 0 Å². The van der Waals surface area contributed by atoms with Crippen molar-refractivity contribution in [2.24, 2.45) is 5.41 Å². The maximum Gasteiger partial charge on any atom is 0.276 e. The largest absolute Gasteiger partial charge is 0.305 e. The molecule has 1 aromatic rings. The minimum absolute atomic E-state index is 0.430. The number of hydrogen-bond donors (Lipinski definition) is 2. The number of hydrogen-bond acceptors (Lipinski definition) is 5. The van der Waals surface area contributed by atoms with Crippen molar-refractivity contribution in [1.29, 1.82) is 0 Å². The number of nitrogens with zero attached hydrogens (tertiary/aromatic N) is 3. The minimum Gasteiger partial charge on any atom is -0.305 e. The average molecular weight is 344 g/mol. The van der Waals surface area contributed by atoms with Gasteiger partial charge in [-0.3, -0.25) is 19.9 Å². The summed E-state index contributed by atoms with van der Waals surface area (Å²) < 4.78 is 0. The van der Waals surface area contributed by atoms with Gasteiger partial charge in [0.25, 0.3) is 5.91 Å². The van der Waals surface area contributed by atoms with Gasteiger partial charge in [0.05, 0.1) is 5.56 Å². The van der Waals surface area contributed by atoms with E-state index in [2.05, 4.69) is 28.8 Å². The highest BCUT2D eigenvalue weighted by Crippen LogP contribution is 2.47. The highest BCUT2D eigenvalue weighted by atomic mass is 16.5. The van der Waals surface area contributed by atoms with Crippen LogP contribution in [0.15, 0.2) is 12.3 Å². The molecule has 2 N–H and O–H groups in total. The SMILES string of the molecule is CC[C@H]1Cc2ncc(C(=O)NO)cc2CN1[C@H]1CCC2(C1)CN(C)C2. The Hall–Kier alpha value is -1.50. The molecule has 1 amide bonds. The van der Waals surface area contributed by atoms with Crippen molar-refractivity contribution >= 4 is 5.91 Å². The van der Waals surface area contributed by atoms with E-state index in [-0.39, 0.29) is 0 Å². The lowest BCUT2D eigenvalue weighted by molar-refractivity contribution is 0.0146. The van der Waals surface area contributed by atoms with Gasteiger partial charge < -0.3 is 4.90 Å². The first-order valence-corrected chi connectivity index (χ1v) is 9.40. The van der Waals surface area contributed by atoms with E-state index in [0.29, 0.717) is 23.1 Å². The lowest BCUT2D eigenvalue weighted by Gasteiger charge is -2.47. The van der Waals surface area contributed by atoms with Crippen LogP contribution in [0, 0.1) is 5.41 Å². The number of amides is 1. The molecule has 3 aliphatic rings. The molecule has 6 heteroatoms. The molecule has 136 valence electrons. The number of fused-ring (bicyclic) bond motifs is 1. The molecule has 0 unspecified atom stereocenters. The summed E-state index contributed by atoms with van der Waals surface area (Å²) in [5, 5.41) is 8.87. The maximum atomic E-state index is 11.7. The van der Waals surface area contributed by atoms with E-state index in [9.17, 15) is 4.79 Å². The third-order valence-corrected chi connectivity index (χ3v) is 6.50. The van der Waals surface area contributed by atoms with Gasteiger partial charge in [-0.25, -0.2) is 5.48 Å². The smallest absolute Gasteiger partial charge is 0.276 e. The van der Waals surface area contributed by atoms with E-state index in [4.69, 9.17) is 5.21 Å². The van der Waals surface area contributed by atoms with Crippen molar-refractivity contribution in [2.45, 2.75) is 57.7 Å². The molecule has 1 saturated carbocycles. The van der Waals surface area contributed by atoms with Crippen molar-refractivity contribution in [3.63, 3.8) is 0 Å². The molecule has 2 fully saturated rings. The number of likely N-dealkylation sites (tertiary alicyclic amines) is 1. The molecule has 0 aromatic carbocycles. The standard InChI is InChI=1S/C19H28N4O2/c1-3-15-7-17-14(6-13(9-20-17)18(24)21-25)10-23(15)16-4-5-19(8-16)11-22(2)12-19/h6,9,15-16,25H,3-5,7-8,10-12H2,1-2H3,(H,21,24)/t15-,16-/m0/s1. The van der Waals surface area contributed by atoms with Crippen molar-refractivity contribution in [3.8, 4) is 0 Å². The highest BCUT2D eigenvalue weighted by Gasteiger charge is 2.49. The van der Waals surface area contributed by atoms with Crippen LogP contribution in [0.4, 0.5) is 0 Å². The van der Waals surface area contributed by atoms with Crippen molar-refractivity contribution in [3.05, 3.63) is 29.1 Å². The van der Waals surface area contributed by atoms with Gasteiger partial charge in [-0.05, 0) is 49.8 Å². The average Bonchev–Trinajstić information content (AvgIpc) is 3.04. The lowest BCUT2D eigenvalue weighted by atomic mass is 9.78. The quantitative estimate of drug-likeness (QED) is 0.647. The van der Waals surface area contributed by atoms with Gasteiger partial charge in [0.1, 0.15) is 0 Å². The second-order valence-corrected chi connectivity index (χ2v) is 8.28. The predicted octanol–water partition coefficient (Wildman–Crippen LogP) is 1.82. The summed E-state index contributed by atoms with van der Waals surface area (Å²) in [5.74, 6) is -0.489. The number of pyridine rings is 1. The zero-order valence-corrected chi connectivity index (χ0v) is 15.2. The first-order chi connectivity index (χ1) is 12.0. The number of rotatable bonds is 3. The number of carbonyl (C=O) groups excluding carboxylic acids is 1. The zero-order valence-electron chi connectivity index (χ0n) is 15.2. The predicted molar refractivity (Wildman–Crippen MR) is 94.4 cm³/mol. The molecule has 1 spiro atoms. The summed E-state index contributed by atoms with van der Waals surface area (Å²) >= 11 is 0. The van der Waals surface area contributed by atoms with Crippen molar-refractivity contribution in [2.75, 3.05) is 20.1 Å². The Bertz CT molecular complexity index is 671. The summed E-state index contributed by atoms with van der Waals surface area (Å²) in [5.41, 5.74) is 4.93. The van der Waals surface area contributed by atoms with Crippen LogP contribution in [0.5, 0.6) is 0 Å². The minimum atomic E-state index is -0.489. The summed E-state index contributed by atoms with van der Waals surface area (Å²) in [4.78, 5) is 21.3. The first kappa shape index (κ1) is 16.9. The van der Waals surface area contributed by atoms with E-state index in [0.717, 1.165) is 30.6 Å². The molecule has 6 nitrogen and oxygen atoms in total. The molecule has 1 saturated heterocycles. The number of aromatic nitrogens is 1. The van der Waals surface area contributed by atoms with Crippen LogP contribution in [0.1, 0.15) is 54.2 Å². The topological polar surface area (TPSA) is 68.7 Å². The van der Waals surface area contributed by atoms with Gasteiger partial charge in [0, 0.05) is 50.0 Å². The number of carbonyl (C=O) groups is 1. The summed E-state index contributed by atoms with van der Waals surface area (Å²) in [6, 6.07) is 3.08. The molecule has 2 atom stereocenters. The molecule has 0 bridgehead atoms. The normalized spacial score (nSPS) is 28.6. The third-order valence-electron chi connectivity index (χ3n) is 6.50. The fraction of sp³-hybridized carbons (Fsp3) is 0.684. The molecular formula is C19H28N4O2. The van der Waals surface area contributed by atoms with Crippen LogP contribution in [0.3, 0.4) is 0 Å². The van der Waals surface area contributed by atoms with Gasteiger partial charge in [-0.15, -0.1) is 0 Å². The summed E-state index contributed by atoms with van der Waals surface area (Å²) in [7, 11) is 2.21. The fourth-order valence-electron chi connectivity index (χ4n) is 5.37. The third kappa shape index (κ3) is 2.96. The number of hydroxylamine groups is 1. The second kappa shape index (κ2) is 6.34. The van der Waals surface area contributed by atoms with E-state index in [1.165, 1.54) is 32.4 Å². The zero-order chi connectivity index (χ0) is 17.6. The Morgan fingerprint density at radius 1 is 1.48 bits per heavy atom. The molecule has 2 aliphatic heterocycles. The Morgan fingerprint density at radius 3 is 2.96 bits per heavy atom. The Morgan fingerprint density at radius 2 is 2.28 bits per heavy atom. The second-order valence-electron chi connectivity index (χ2n) is 8.28. The molecule has 3 heterocycles. The van der Waals surface area contributed by atoms with E-state index in [1.54, 1.807) is 11.7 Å². The van der Waals surface area contributed by atoms with E-state index < -0.39 is 5.91 Å². The lowest BCUT2D eigenvalue weighted by Crippen LogP contribution is -2.54. The molecule has 1 aliphatic carbocycles. The monoisotopic (exact) mass is 344 g/mol. The molecule has 4 rings (SSSR count). The van der Waals surface area contributed by atoms with Gasteiger partial charge in [0.15, 0.2) is 0 Å². The van der Waals surface area contributed by atoms with Gasteiger partial charge in [-0.1, -0.05) is 6.92 Å². The summed E-state index contributed by atoms with van der Waals surface area (Å²) in [6.45, 7) is 5.61. The van der Waals surface area contributed by atoms with Crippen LogP contribution in [-0.2, 0) is 13.0 Å². The fourth-order valence-corrected chi connectivity index (χ4v) is 5.37. The maximum absolute atomic E-state index is 11.7. The van der Waals surface area contributed by atoms with Gasteiger partial charge in [0.2, 0.25) is 0 Å². The molecular weight excluding hydrogens is 316 g/mol. The Kier molecular flexibility index (Phi) is 4.30. The van der Waals surface area contributed by atoms with Crippen LogP contribution in [-0.4, -0.2) is 58.1 Å². The van der Waals surface area contributed by atoms with E-state index in [1.807, 2.05) is 6.07 Å². The molecule has 1 aromatic heterocycles. The Balaban J connectivity index is 1.54. The van der Waals surface area contributed by atoms with E-state index >= 15 is 0 Å². The van der Waals surface area contributed by atoms with Crippen LogP contribution < -0.4 is 5.48 Å². The highest BCUT2D eigenvalue weighted by molar-refractivity contribution is 5.93. The van der Waals surface area contributed by atoms with Crippen molar-refractivity contribution in [1.82, 2.24) is 20.3 Å². The molecule has 0 radical (unpaired) electrons.